The molecular formula is C20H28N2O6. The molecule has 8 heteroatoms. The number of anilines is 1. The van der Waals surface area contributed by atoms with Crippen molar-refractivity contribution in [2.24, 2.45) is 0 Å². The number of aromatic nitrogens is 1. The van der Waals surface area contributed by atoms with Crippen LogP contribution in [0.15, 0.2) is 23.9 Å². The van der Waals surface area contributed by atoms with Crippen LogP contribution < -0.4 is 4.90 Å². The van der Waals surface area contributed by atoms with Crippen molar-refractivity contribution in [1.29, 1.82) is 0 Å². The van der Waals surface area contributed by atoms with E-state index in [1.54, 1.807) is 60.6 Å². The molecule has 2 amide bonds. The van der Waals surface area contributed by atoms with E-state index >= 15 is 0 Å². The lowest BCUT2D eigenvalue weighted by molar-refractivity contribution is -0.135. The zero-order valence-electron chi connectivity index (χ0n) is 17.7. The lowest BCUT2D eigenvalue weighted by Gasteiger charge is -2.28. The van der Waals surface area contributed by atoms with Gasteiger partial charge in [0.05, 0.1) is 7.11 Å². The van der Waals surface area contributed by atoms with Crippen LogP contribution in [0.2, 0.25) is 0 Å². The van der Waals surface area contributed by atoms with Gasteiger partial charge in [0, 0.05) is 11.8 Å². The molecule has 0 bridgehead atoms. The Labute approximate surface area is 165 Å². The Kier molecular flexibility index (Phi) is 7.32. The van der Waals surface area contributed by atoms with E-state index in [4.69, 9.17) is 9.47 Å². The van der Waals surface area contributed by atoms with Crippen LogP contribution in [0.25, 0.3) is 6.08 Å². The number of rotatable bonds is 3. The zero-order chi connectivity index (χ0) is 21.7. The first-order valence-electron chi connectivity index (χ1n) is 8.72. The van der Waals surface area contributed by atoms with Crippen LogP contribution in [-0.2, 0) is 19.0 Å². The summed E-state index contributed by atoms with van der Waals surface area (Å²) in [7, 11) is 1.28. The molecule has 1 rings (SSSR count). The largest absolute Gasteiger partial charge is 0.466 e. The highest BCUT2D eigenvalue weighted by Gasteiger charge is 2.33. The highest BCUT2D eigenvalue weighted by molar-refractivity contribution is 6.09. The molecular weight excluding hydrogens is 364 g/mol. The van der Waals surface area contributed by atoms with E-state index in [2.05, 4.69) is 9.72 Å². The first kappa shape index (κ1) is 23.1. The van der Waals surface area contributed by atoms with Crippen LogP contribution in [0.4, 0.5) is 15.4 Å². The normalized spacial score (nSPS) is 12.2. The highest BCUT2D eigenvalue weighted by atomic mass is 16.6. The fourth-order valence-electron chi connectivity index (χ4n) is 1.99. The van der Waals surface area contributed by atoms with Gasteiger partial charge in [-0.25, -0.2) is 19.4 Å². The molecule has 0 fully saturated rings. The minimum absolute atomic E-state index is 0.00918. The minimum atomic E-state index is -0.917. The summed E-state index contributed by atoms with van der Waals surface area (Å²) in [5, 5.41) is 0. The van der Waals surface area contributed by atoms with Crippen molar-refractivity contribution < 1.29 is 28.6 Å². The Morgan fingerprint density at radius 1 is 1.00 bits per heavy atom. The fourth-order valence-corrected chi connectivity index (χ4v) is 1.99. The van der Waals surface area contributed by atoms with Gasteiger partial charge in [-0.2, -0.15) is 4.90 Å². The summed E-state index contributed by atoms with van der Waals surface area (Å²) >= 11 is 0. The lowest BCUT2D eigenvalue weighted by Crippen LogP contribution is -2.44. The molecule has 1 aromatic heterocycles. The monoisotopic (exact) mass is 392 g/mol. The van der Waals surface area contributed by atoms with Crippen LogP contribution in [0.3, 0.4) is 0 Å². The van der Waals surface area contributed by atoms with Crippen molar-refractivity contribution in [3.05, 3.63) is 29.5 Å². The summed E-state index contributed by atoms with van der Waals surface area (Å²) in [5.41, 5.74) is -0.752. The molecule has 28 heavy (non-hydrogen) atoms. The second-order valence-corrected chi connectivity index (χ2v) is 8.06. The maximum Gasteiger partial charge on any atom is 0.425 e. The van der Waals surface area contributed by atoms with Gasteiger partial charge >= 0.3 is 18.2 Å². The number of ether oxygens (including phenoxy) is 3. The molecule has 0 atom stereocenters. The number of nitrogens with zero attached hydrogens (tertiary/aromatic N) is 2. The summed E-state index contributed by atoms with van der Waals surface area (Å²) in [6, 6.07) is 3.10. The van der Waals surface area contributed by atoms with E-state index in [9.17, 15) is 14.4 Å². The van der Waals surface area contributed by atoms with Crippen molar-refractivity contribution in [2.45, 2.75) is 59.7 Å². The van der Waals surface area contributed by atoms with Crippen molar-refractivity contribution in [3.63, 3.8) is 0 Å². The van der Waals surface area contributed by atoms with Gasteiger partial charge in [0.25, 0.3) is 0 Å². The third kappa shape index (κ3) is 7.38. The molecule has 0 aliphatic carbocycles. The number of esters is 1. The summed E-state index contributed by atoms with van der Waals surface area (Å²) in [6.07, 6.45) is 1.13. The number of pyridine rings is 1. The van der Waals surface area contributed by atoms with E-state index in [1.165, 1.54) is 19.4 Å². The van der Waals surface area contributed by atoms with Gasteiger partial charge in [0.2, 0.25) is 0 Å². The molecule has 0 aliphatic heterocycles. The summed E-state index contributed by atoms with van der Waals surface area (Å²) < 4.78 is 15.3. The summed E-state index contributed by atoms with van der Waals surface area (Å²) in [4.78, 5) is 41.7. The van der Waals surface area contributed by atoms with Crippen LogP contribution in [0, 0.1) is 0 Å². The number of hydrogen-bond donors (Lipinski definition) is 0. The highest BCUT2D eigenvalue weighted by Crippen LogP contribution is 2.22. The van der Waals surface area contributed by atoms with Crippen LogP contribution in [0.5, 0.6) is 0 Å². The molecule has 0 spiro atoms. The quantitative estimate of drug-likeness (QED) is 0.429. The van der Waals surface area contributed by atoms with Gasteiger partial charge in [-0.3, -0.25) is 0 Å². The van der Waals surface area contributed by atoms with Crippen LogP contribution >= 0.6 is 0 Å². The number of imide groups is 1. The number of carbonyl (C=O) groups is 3. The molecule has 0 saturated heterocycles. The topological polar surface area (TPSA) is 95.0 Å². The van der Waals surface area contributed by atoms with Gasteiger partial charge in [-0.15, -0.1) is 0 Å². The van der Waals surface area contributed by atoms with Crippen molar-refractivity contribution >= 4 is 30.0 Å². The predicted molar refractivity (Wildman–Crippen MR) is 105 cm³/mol. The van der Waals surface area contributed by atoms with Gasteiger partial charge in [0.15, 0.2) is 0 Å². The summed E-state index contributed by atoms with van der Waals surface area (Å²) in [5.74, 6) is -0.482. The first-order chi connectivity index (χ1) is 12.7. The third-order valence-electron chi connectivity index (χ3n) is 3.04. The zero-order valence-corrected chi connectivity index (χ0v) is 17.7. The van der Waals surface area contributed by atoms with E-state index in [1.807, 2.05) is 0 Å². The standard InChI is InChI=1S/C20H28N2O6/c1-13(16(23)26-8)11-14-9-10-21-15(12-14)22(17(24)27-19(2,3)4)18(25)28-20(5,6)7/h9-12H,1-8H3/b13-11+. The van der Waals surface area contributed by atoms with Gasteiger partial charge in [0.1, 0.15) is 17.0 Å². The van der Waals surface area contributed by atoms with E-state index in [0.29, 0.717) is 11.1 Å². The number of carbonyl (C=O) groups excluding carboxylic acids is 3. The molecule has 0 aromatic carbocycles. The first-order valence-corrected chi connectivity index (χ1v) is 8.72. The Morgan fingerprint density at radius 3 is 1.93 bits per heavy atom. The maximum absolute atomic E-state index is 12.6. The fraction of sp³-hybridized carbons (Fsp3) is 0.500. The molecule has 0 saturated carbocycles. The van der Waals surface area contributed by atoms with Crippen molar-refractivity contribution in [3.8, 4) is 0 Å². The van der Waals surface area contributed by atoms with Gasteiger partial charge in [-0.1, -0.05) is 0 Å². The number of hydrogen-bond acceptors (Lipinski definition) is 7. The van der Waals surface area contributed by atoms with Crippen molar-refractivity contribution in [1.82, 2.24) is 4.98 Å². The second-order valence-electron chi connectivity index (χ2n) is 8.06. The second kappa shape index (κ2) is 8.86. The minimum Gasteiger partial charge on any atom is -0.466 e. The Balaban J connectivity index is 3.34. The molecule has 0 radical (unpaired) electrons. The van der Waals surface area contributed by atoms with E-state index in [-0.39, 0.29) is 5.82 Å². The SMILES string of the molecule is COC(=O)/C(C)=C/c1ccnc(N(C(=O)OC(C)(C)C)C(=O)OC(C)(C)C)c1. The third-order valence-corrected chi connectivity index (χ3v) is 3.04. The van der Waals surface area contributed by atoms with Crippen molar-refractivity contribution in [2.75, 3.05) is 12.0 Å². The Morgan fingerprint density at radius 2 is 1.50 bits per heavy atom. The molecule has 8 nitrogen and oxygen atoms in total. The lowest BCUT2D eigenvalue weighted by atomic mass is 10.1. The molecule has 0 N–H and O–H groups in total. The maximum atomic E-state index is 12.6. The molecule has 1 aromatic rings. The number of methoxy groups -OCH3 is 1. The number of amides is 2. The van der Waals surface area contributed by atoms with E-state index < -0.39 is 29.4 Å². The molecule has 154 valence electrons. The van der Waals surface area contributed by atoms with Gasteiger partial charge < -0.3 is 14.2 Å². The van der Waals surface area contributed by atoms with Gasteiger partial charge in [-0.05, 0) is 72.2 Å². The molecule has 1 heterocycles. The van der Waals surface area contributed by atoms with Crippen LogP contribution in [0.1, 0.15) is 54.0 Å². The smallest absolute Gasteiger partial charge is 0.425 e. The average molecular weight is 392 g/mol. The average Bonchev–Trinajstić information content (AvgIpc) is 2.51. The molecule has 0 unspecified atom stereocenters. The Hall–Kier alpha value is -2.90. The van der Waals surface area contributed by atoms with Crippen LogP contribution in [-0.4, -0.2) is 41.5 Å². The predicted octanol–water partition coefficient (Wildman–Crippen LogP) is 4.33. The van der Waals surface area contributed by atoms with E-state index in [0.717, 1.165) is 4.90 Å². The molecule has 0 aliphatic rings. The summed E-state index contributed by atoms with van der Waals surface area (Å²) in [6.45, 7) is 11.7. The Bertz CT molecular complexity index is 744.